The molecule has 0 bridgehead atoms. The van der Waals surface area contributed by atoms with Crippen molar-refractivity contribution in [1.29, 1.82) is 0 Å². The van der Waals surface area contributed by atoms with Gasteiger partial charge in [-0.15, -0.1) is 11.3 Å². The molecule has 2 N–H and O–H groups in total. The highest BCUT2D eigenvalue weighted by Crippen LogP contribution is 2.37. The Bertz CT molecular complexity index is 1060. The minimum atomic E-state index is -0.545. The Labute approximate surface area is 147 Å². The summed E-state index contributed by atoms with van der Waals surface area (Å²) in [5.41, 5.74) is 6.83. The van der Waals surface area contributed by atoms with E-state index < -0.39 is 5.91 Å². The molecule has 4 aromatic rings. The smallest absolute Gasteiger partial charge is 0.252 e. The maximum Gasteiger partial charge on any atom is 0.252 e. The van der Waals surface area contributed by atoms with Crippen LogP contribution in [0.3, 0.4) is 0 Å². The number of fused-ring (bicyclic) bond motifs is 1. The number of carbonyl (C=O) groups excluding carboxylic acids is 1. The summed E-state index contributed by atoms with van der Waals surface area (Å²) in [4.78, 5) is 22.0. The van der Waals surface area contributed by atoms with Gasteiger partial charge in [-0.05, 0) is 23.8 Å². The van der Waals surface area contributed by atoms with Crippen LogP contribution in [0.15, 0.2) is 67.0 Å². The summed E-state index contributed by atoms with van der Waals surface area (Å²) in [6.45, 7) is 0. The van der Waals surface area contributed by atoms with Gasteiger partial charge in [0.15, 0.2) is 0 Å². The van der Waals surface area contributed by atoms with Crippen molar-refractivity contribution in [3.05, 3.63) is 72.6 Å². The van der Waals surface area contributed by atoms with E-state index in [0.29, 0.717) is 17.2 Å². The lowest BCUT2D eigenvalue weighted by molar-refractivity contribution is 0.0998. The molecule has 6 heteroatoms. The first-order valence-corrected chi connectivity index (χ1v) is 8.40. The fraction of sp³-hybridized carbons (Fsp3) is 0. The van der Waals surface area contributed by atoms with Crippen molar-refractivity contribution in [2.75, 3.05) is 0 Å². The number of aromatic nitrogens is 2. The number of primary amides is 1. The number of carbonyl (C=O) groups is 1. The first-order chi connectivity index (χ1) is 12.2. The minimum absolute atomic E-state index is 0.313. The highest BCUT2D eigenvalue weighted by Gasteiger charge is 2.14. The van der Waals surface area contributed by atoms with E-state index >= 15 is 0 Å². The summed E-state index contributed by atoms with van der Waals surface area (Å²) in [5.74, 6) is 0.232. The van der Waals surface area contributed by atoms with Crippen LogP contribution in [0.1, 0.15) is 10.4 Å². The molecule has 4 rings (SSSR count). The van der Waals surface area contributed by atoms with Gasteiger partial charge < -0.3 is 10.5 Å². The maximum atomic E-state index is 11.6. The van der Waals surface area contributed by atoms with Crippen LogP contribution in [0.25, 0.3) is 20.7 Å². The molecule has 0 spiro atoms. The molecule has 5 nitrogen and oxygen atoms in total. The molecule has 122 valence electrons. The Kier molecular flexibility index (Phi) is 3.87. The largest absolute Gasteiger partial charge is 0.437 e. The van der Waals surface area contributed by atoms with Gasteiger partial charge in [0.25, 0.3) is 5.91 Å². The quantitative estimate of drug-likeness (QED) is 0.598. The third-order valence-corrected chi connectivity index (χ3v) is 4.80. The zero-order valence-corrected chi connectivity index (χ0v) is 13.9. The van der Waals surface area contributed by atoms with Crippen LogP contribution >= 0.6 is 11.3 Å². The number of hydrogen-bond acceptors (Lipinski definition) is 5. The average Bonchev–Trinajstić information content (AvgIpc) is 3.08. The summed E-state index contributed by atoms with van der Waals surface area (Å²) >= 11 is 1.56. The van der Waals surface area contributed by atoms with Crippen molar-refractivity contribution in [2.45, 2.75) is 0 Å². The van der Waals surface area contributed by atoms with Crippen LogP contribution in [0, 0.1) is 0 Å². The van der Waals surface area contributed by atoms with Crippen molar-refractivity contribution < 1.29 is 9.53 Å². The molecule has 0 saturated heterocycles. The molecule has 0 unspecified atom stereocenters. The molecule has 0 aliphatic rings. The minimum Gasteiger partial charge on any atom is -0.437 e. The van der Waals surface area contributed by atoms with E-state index in [0.717, 1.165) is 20.7 Å². The lowest BCUT2D eigenvalue weighted by Crippen LogP contribution is -2.12. The molecular weight excluding hydrogens is 334 g/mol. The van der Waals surface area contributed by atoms with Gasteiger partial charge >= 0.3 is 0 Å². The van der Waals surface area contributed by atoms with Crippen molar-refractivity contribution in [3.63, 3.8) is 0 Å². The SMILES string of the molecule is NC(=O)c1ccccc1Oc1ncnc2sc(-c3ccccc3)cc12. The molecule has 0 atom stereocenters. The second-order valence-corrected chi connectivity index (χ2v) is 6.37. The number of hydrogen-bond donors (Lipinski definition) is 1. The van der Waals surface area contributed by atoms with Gasteiger partial charge in [0, 0.05) is 4.88 Å². The van der Waals surface area contributed by atoms with Gasteiger partial charge in [-0.25, -0.2) is 9.97 Å². The Morgan fingerprint density at radius 2 is 1.76 bits per heavy atom. The number of rotatable bonds is 4. The van der Waals surface area contributed by atoms with E-state index in [-0.39, 0.29) is 0 Å². The number of amides is 1. The summed E-state index contributed by atoms with van der Waals surface area (Å²) < 4.78 is 5.89. The topological polar surface area (TPSA) is 78.1 Å². The maximum absolute atomic E-state index is 11.6. The van der Waals surface area contributed by atoms with Crippen LogP contribution in [0.4, 0.5) is 0 Å². The summed E-state index contributed by atoms with van der Waals surface area (Å²) in [7, 11) is 0. The fourth-order valence-corrected chi connectivity index (χ4v) is 3.52. The summed E-state index contributed by atoms with van der Waals surface area (Å²) in [6.07, 6.45) is 1.45. The number of nitrogens with zero attached hydrogens (tertiary/aromatic N) is 2. The summed E-state index contributed by atoms with van der Waals surface area (Å²) in [5, 5.41) is 0.797. The first-order valence-electron chi connectivity index (χ1n) is 7.59. The van der Waals surface area contributed by atoms with Gasteiger partial charge in [0.1, 0.15) is 16.9 Å². The third-order valence-electron chi connectivity index (χ3n) is 3.71. The Morgan fingerprint density at radius 3 is 2.56 bits per heavy atom. The standard InChI is InChI=1S/C19H13N3O2S/c20-17(23)13-8-4-5-9-15(13)24-18-14-10-16(12-6-2-1-3-7-12)25-19(14)22-11-21-18/h1-11H,(H2,20,23). The lowest BCUT2D eigenvalue weighted by atomic mass is 10.2. The van der Waals surface area contributed by atoms with E-state index in [1.807, 2.05) is 36.4 Å². The lowest BCUT2D eigenvalue weighted by Gasteiger charge is -2.08. The summed E-state index contributed by atoms with van der Waals surface area (Å²) in [6, 6.07) is 18.9. The number of thiophene rings is 1. The molecule has 0 saturated carbocycles. The highest BCUT2D eigenvalue weighted by atomic mass is 32.1. The van der Waals surface area contributed by atoms with Gasteiger partial charge in [-0.2, -0.15) is 0 Å². The van der Waals surface area contributed by atoms with E-state index in [9.17, 15) is 4.79 Å². The van der Waals surface area contributed by atoms with E-state index in [2.05, 4.69) is 9.97 Å². The molecule has 0 aliphatic heterocycles. The van der Waals surface area contributed by atoms with Crippen LogP contribution in [-0.4, -0.2) is 15.9 Å². The zero-order valence-electron chi connectivity index (χ0n) is 13.0. The predicted molar refractivity (Wildman–Crippen MR) is 97.9 cm³/mol. The van der Waals surface area contributed by atoms with Crippen molar-refractivity contribution in [3.8, 4) is 22.1 Å². The second kappa shape index (κ2) is 6.33. The number of nitrogens with two attached hydrogens (primary N) is 1. The van der Waals surface area contributed by atoms with Gasteiger partial charge in [-0.1, -0.05) is 42.5 Å². The normalized spacial score (nSPS) is 10.7. The third kappa shape index (κ3) is 2.95. The van der Waals surface area contributed by atoms with E-state index in [4.69, 9.17) is 10.5 Å². The van der Waals surface area contributed by atoms with Crippen LogP contribution < -0.4 is 10.5 Å². The van der Waals surface area contributed by atoms with Gasteiger partial charge in [0.05, 0.1) is 10.9 Å². The number of ether oxygens (including phenoxy) is 1. The fourth-order valence-electron chi connectivity index (χ4n) is 2.52. The van der Waals surface area contributed by atoms with Crippen LogP contribution in [0.5, 0.6) is 11.6 Å². The Hall–Kier alpha value is -3.25. The van der Waals surface area contributed by atoms with Crippen LogP contribution in [-0.2, 0) is 0 Å². The van der Waals surface area contributed by atoms with Gasteiger partial charge in [-0.3, -0.25) is 4.79 Å². The molecule has 0 radical (unpaired) electrons. The van der Waals surface area contributed by atoms with Crippen LogP contribution in [0.2, 0.25) is 0 Å². The average molecular weight is 347 g/mol. The molecule has 2 aromatic heterocycles. The van der Waals surface area contributed by atoms with Crippen molar-refractivity contribution in [1.82, 2.24) is 9.97 Å². The first kappa shape index (κ1) is 15.3. The monoisotopic (exact) mass is 347 g/mol. The molecule has 25 heavy (non-hydrogen) atoms. The van der Waals surface area contributed by atoms with Crippen molar-refractivity contribution in [2.24, 2.45) is 5.73 Å². The van der Waals surface area contributed by atoms with E-state index in [1.54, 1.807) is 35.6 Å². The zero-order chi connectivity index (χ0) is 17.2. The Morgan fingerprint density at radius 1 is 1.00 bits per heavy atom. The number of benzene rings is 2. The molecule has 0 aliphatic carbocycles. The second-order valence-electron chi connectivity index (χ2n) is 5.34. The highest BCUT2D eigenvalue weighted by molar-refractivity contribution is 7.21. The van der Waals surface area contributed by atoms with E-state index in [1.165, 1.54) is 6.33 Å². The molecule has 0 fully saturated rings. The molecule has 1 amide bonds. The predicted octanol–water partition coefficient (Wildman–Crippen LogP) is 4.25. The number of para-hydroxylation sites is 1. The Balaban J connectivity index is 1.79. The molecule has 2 heterocycles. The van der Waals surface area contributed by atoms with Crippen molar-refractivity contribution >= 4 is 27.5 Å². The molecule has 2 aromatic carbocycles. The molecular formula is C19H13N3O2S. The van der Waals surface area contributed by atoms with Gasteiger partial charge in [0.2, 0.25) is 5.88 Å².